The number of rotatable bonds is 4. The van der Waals surface area contributed by atoms with E-state index in [-0.39, 0.29) is 0 Å². The Morgan fingerprint density at radius 1 is 1.30 bits per heavy atom. The molecule has 0 aliphatic carbocycles. The third kappa shape index (κ3) is 3.65. The van der Waals surface area contributed by atoms with E-state index in [1.807, 2.05) is 25.1 Å². The van der Waals surface area contributed by atoms with Gasteiger partial charge in [-0.1, -0.05) is 27.5 Å². The molecule has 3 nitrogen and oxygen atoms in total. The van der Waals surface area contributed by atoms with Crippen molar-refractivity contribution in [2.24, 2.45) is 0 Å². The molecule has 6 heteroatoms. The number of anilines is 1. The monoisotopic (exact) mass is 418 g/mol. The fourth-order valence-corrected chi connectivity index (χ4v) is 3.55. The van der Waals surface area contributed by atoms with Crippen LogP contribution >= 0.6 is 43.5 Å². The fourth-order valence-electron chi connectivity index (χ4n) is 1.88. The number of hydrogen-bond donors (Lipinski definition) is 1. The van der Waals surface area contributed by atoms with Gasteiger partial charge in [-0.3, -0.25) is 0 Å². The predicted molar refractivity (Wildman–Crippen MR) is 89.7 cm³/mol. The van der Waals surface area contributed by atoms with Crippen molar-refractivity contribution >= 4 is 49.1 Å². The number of nitrogens with zero attached hydrogens (tertiary/aromatic N) is 1. The summed E-state index contributed by atoms with van der Waals surface area (Å²) in [6.07, 6.45) is 0. The summed E-state index contributed by atoms with van der Waals surface area (Å²) >= 11 is 12.8. The first-order valence-electron chi connectivity index (χ1n) is 5.90. The minimum atomic E-state index is 0.496. The normalized spacial score (nSPS) is 10.4. The minimum absolute atomic E-state index is 0.496. The number of ether oxygens (including phenoxy) is 1. The molecule has 0 fully saturated rings. The quantitative estimate of drug-likeness (QED) is 0.692. The van der Waals surface area contributed by atoms with Gasteiger partial charge in [0.25, 0.3) is 0 Å². The standard InChI is InChI=1S/C14H13Br2ClN2O/c1-8-12(3-4-13(17)19-8)18-7-9-5-10(15)6-11(16)14(9)20-2/h3-6,18H,7H2,1-2H3. The molecule has 0 radical (unpaired) electrons. The van der Waals surface area contributed by atoms with Crippen LogP contribution in [0.1, 0.15) is 11.3 Å². The van der Waals surface area contributed by atoms with Crippen LogP contribution in [-0.2, 0) is 6.54 Å². The first kappa shape index (κ1) is 15.6. The molecule has 1 heterocycles. The van der Waals surface area contributed by atoms with Gasteiger partial charge in [0.15, 0.2) is 0 Å². The van der Waals surface area contributed by atoms with E-state index in [1.165, 1.54) is 0 Å². The fraction of sp³-hybridized carbons (Fsp3) is 0.214. The maximum atomic E-state index is 5.85. The average molecular weight is 421 g/mol. The number of aromatic nitrogens is 1. The first-order valence-corrected chi connectivity index (χ1v) is 7.86. The summed E-state index contributed by atoms with van der Waals surface area (Å²) < 4.78 is 7.33. The van der Waals surface area contributed by atoms with Crippen LogP contribution in [0.15, 0.2) is 33.2 Å². The van der Waals surface area contributed by atoms with Gasteiger partial charge in [-0.15, -0.1) is 0 Å². The van der Waals surface area contributed by atoms with Crippen molar-refractivity contribution in [3.05, 3.63) is 49.6 Å². The lowest BCUT2D eigenvalue weighted by molar-refractivity contribution is 0.407. The Morgan fingerprint density at radius 3 is 2.70 bits per heavy atom. The summed E-state index contributed by atoms with van der Waals surface area (Å²) in [5.74, 6) is 0.820. The number of methoxy groups -OCH3 is 1. The molecule has 0 saturated heterocycles. The van der Waals surface area contributed by atoms with E-state index in [2.05, 4.69) is 42.2 Å². The van der Waals surface area contributed by atoms with Crippen molar-refractivity contribution in [3.8, 4) is 5.75 Å². The van der Waals surface area contributed by atoms with Crippen LogP contribution in [0.5, 0.6) is 5.75 Å². The van der Waals surface area contributed by atoms with Crippen molar-refractivity contribution in [1.29, 1.82) is 0 Å². The highest BCUT2D eigenvalue weighted by Gasteiger charge is 2.10. The lowest BCUT2D eigenvalue weighted by Gasteiger charge is -2.14. The molecule has 1 aromatic heterocycles. The number of hydrogen-bond acceptors (Lipinski definition) is 3. The van der Waals surface area contributed by atoms with Crippen LogP contribution in [0.25, 0.3) is 0 Å². The van der Waals surface area contributed by atoms with Gasteiger partial charge in [-0.05, 0) is 47.1 Å². The topological polar surface area (TPSA) is 34.1 Å². The third-order valence-electron chi connectivity index (χ3n) is 2.81. The molecule has 1 aromatic carbocycles. The number of halogens is 3. The second kappa shape index (κ2) is 6.78. The van der Waals surface area contributed by atoms with Crippen LogP contribution < -0.4 is 10.1 Å². The van der Waals surface area contributed by atoms with Gasteiger partial charge < -0.3 is 10.1 Å². The Morgan fingerprint density at radius 2 is 2.05 bits per heavy atom. The molecule has 2 rings (SSSR count). The van der Waals surface area contributed by atoms with Crippen molar-refractivity contribution in [2.45, 2.75) is 13.5 Å². The minimum Gasteiger partial charge on any atom is -0.495 e. The van der Waals surface area contributed by atoms with Gasteiger partial charge in [0, 0.05) is 16.6 Å². The molecule has 0 atom stereocenters. The Kier molecular flexibility index (Phi) is 5.29. The number of nitrogens with one attached hydrogen (secondary N) is 1. The zero-order chi connectivity index (χ0) is 14.7. The van der Waals surface area contributed by atoms with Crippen LogP contribution in [0.3, 0.4) is 0 Å². The number of benzene rings is 1. The van der Waals surface area contributed by atoms with E-state index >= 15 is 0 Å². The molecule has 20 heavy (non-hydrogen) atoms. The molecule has 0 aliphatic heterocycles. The maximum Gasteiger partial charge on any atom is 0.138 e. The van der Waals surface area contributed by atoms with E-state index in [0.29, 0.717) is 11.7 Å². The molecule has 0 amide bonds. The number of pyridine rings is 1. The van der Waals surface area contributed by atoms with Crippen molar-refractivity contribution in [3.63, 3.8) is 0 Å². The molecule has 0 spiro atoms. The summed E-state index contributed by atoms with van der Waals surface area (Å²) in [5, 5.41) is 3.84. The van der Waals surface area contributed by atoms with Crippen LogP contribution in [0.4, 0.5) is 5.69 Å². The SMILES string of the molecule is COc1c(Br)cc(Br)cc1CNc1ccc(Cl)nc1C. The lowest BCUT2D eigenvalue weighted by atomic mass is 10.2. The molecule has 106 valence electrons. The lowest BCUT2D eigenvalue weighted by Crippen LogP contribution is -2.04. The molecular formula is C14H13Br2ClN2O. The third-order valence-corrected chi connectivity index (χ3v) is 4.07. The molecule has 0 aliphatic rings. The van der Waals surface area contributed by atoms with Crippen molar-refractivity contribution in [1.82, 2.24) is 4.98 Å². The summed E-state index contributed by atoms with van der Waals surface area (Å²) in [7, 11) is 1.66. The van der Waals surface area contributed by atoms with E-state index in [4.69, 9.17) is 16.3 Å². The van der Waals surface area contributed by atoms with Gasteiger partial charge in [0.2, 0.25) is 0 Å². The zero-order valence-corrected chi connectivity index (χ0v) is 14.9. The predicted octanol–water partition coefficient (Wildman–Crippen LogP) is 5.19. The summed E-state index contributed by atoms with van der Waals surface area (Å²) in [6, 6.07) is 7.67. The zero-order valence-electron chi connectivity index (χ0n) is 11.0. The Labute approximate surface area is 140 Å². The summed E-state index contributed by atoms with van der Waals surface area (Å²) in [4.78, 5) is 4.22. The van der Waals surface area contributed by atoms with Gasteiger partial charge in [-0.2, -0.15) is 0 Å². The van der Waals surface area contributed by atoms with Gasteiger partial charge in [0.1, 0.15) is 10.9 Å². The molecular weight excluding hydrogens is 407 g/mol. The second-order valence-corrected chi connectivity index (χ2v) is 6.36. The number of aryl methyl sites for hydroxylation is 1. The van der Waals surface area contributed by atoms with Gasteiger partial charge in [-0.25, -0.2) is 4.98 Å². The molecule has 1 N–H and O–H groups in total. The average Bonchev–Trinajstić information content (AvgIpc) is 2.37. The largest absolute Gasteiger partial charge is 0.495 e. The highest BCUT2D eigenvalue weighted by molar-refractivity contribution is 9.11. The maximum absolute atomic E-state index is 5.85. The van der Waals surface area contributed by atoms with Gasteiger partial charge in [0.05, 0.1) is 23.0 Å². The molecule has 2 aromatic rings. The van der Waals surface area contributed by atoms with Crippen LogP contribution in [-0.4, -0.2) is 12.1 Å². The summed E-state index contributed by atoms with van der Waals surface area (Å²) in [6.45, 7) is 2.55. The van der Waals surface area contributed by atoms with E-state index in [9.17, 15) is 0 Å². The first-order chi connectivity index (χ1) is 9.51. The molecule has 0 saturated carbocycles. The molecule has 0 unspecified atom stereocenters. The van der Waals surface area contributed by atoms with E-state index in [0.717, 1.165) is 31.6 Å². The Bertz CT molecular complexity index is 635. The highest BCUT2D eigenvalue weighted by Crippen LogP contribution is 2.33. The van der Waals surface area contributed by atoms with Crippen molar-refractivity contribution < 1.29 is 4.74 Å². The highest BCUT2D eigenvalue weighted by atomic mass is 79.9. The van der Waals surface area contributed by atoms with Crippen molar-refractivity contribution in [2.75, 3.05) is 12.4 Å². The second-order valence-electron chi connectivity index (χ2n) is 4.20. The van der Waals surface area contributed by atoms with E-state index < -0.39 is 0 Å². The van der Waals surface area contributed by atoms with Crippen LogP contribution in [0.2, 0.25) is 5.15 Å². The Hall–Kier alpha value is -0.780. The van der Waals surface area contributed by atoms with Crippen LogP contribution in [0, 0.1) is 6.92 Å². The Balaban J connectivity index is 2.22. The van der Waals surface area contributed by atoms with E-state index in [1.54, 1.807) is 13.2 Å². The summed E-state index contributed by atoms with van der Waals surface area (Å²) in [5.41, 5.74) is 2.86. The van der Waals surface area contributed by atoms with Gasteiger partial charge >= 0.3 is 0 Å². The smallest absolute Gasteiger partial charge is 0.138 e. The molecule has 0 bridgehead atoms.